The van der Waals surface area contributed by atoms with Crippen LogP contribution < -0.4 is 10.7 Å². The largest absolute Gasteiger partial charge is 0.543 e. The van der Waals surface area contributed by atoms with E-state index in [-0.39, 0.29) is 16.8 Å². The van der Waals surface area contributed by atoms with Gasteiger partial charge in [-0.2, -0.15) is 0 Å². The van der Waals surface area contributed by atoms with E-state index < -0.39 is 5.97 Å². The fourth-order valence-corrected chi connectivity index (χ4v) is 1.61. The van der Waals surface area contributed by atoms with Gasteiger partial charge in [0, 0.05) is 11.8 Å². The molecule has 0 aromatic carbocycles. The lowest BCUT2D eigenvalue weighted by atomic mass is 10.1. The highest BCUT2D eigenvalue weighted by atomic mass is 16.4. The third-order valence-electron chi connectivity index (χ3n) is 2.37. The minimum absolute atomic E-state index is 0.170. The number of aromatic nitrogens is 2. The summed E-state index contributed by atoms with van der Waals surface area (Å²) in [5.41, 5.74) is -0.140. The van der Waals surface area contributed by atoms with Gasteiger partial charge in [-0.05, 0) is 18.6 Å². The normalized spacial score (nSPS) is 10.6. The Hall–Kier alpha value is -2.17. The van der Waals surface area contributed by atoms with E-state index in [0.29, 0.717) is 12.1 Å². The maximum absolute atomic E-state index is 11.9. The Labute approximate surface area is 91.0 Å². The molecule has 2 rings (SSSR count). The molecule has 0 spiro atoms. The van der Waals surface area contributed by atoms with Gasteiger partial charge in [-0.1, -0.05) is 13.0 Å². The molecule has 0 fully saturated rings. The van der Waals surface area contributed by atoms with Gasteiger partial charge in [-0.3, -0.25) is 9.20 Å². The second-order valence-corrected chi connectivity index (χ2v) is 3.31. The zero-order valence-corrected chi connectivity index (χ0v) is 8.64. The zero-order valence-electron chi connectivity index (χ0n) is 8.64. The molecule has 16 heavy (non-hydrogen) atoms. The van der Waals surface area contributed by atoms with Crippen molar-refractivity contribution in [3.63, 3.8) is 0 Å². The highest BCUT2D eigenvalue weighted by molar-refractivity contribution is 5.85. The Kier molecular flexibility index (Phi) is 2.44. The standard InChI is InChI=1S/C11H10N2O3/c1-2-7-9(11(15)16)12-8-5-3-4-6-13(8)10(7)14/h3-6H,2H2,1H3,(H,15,16)/p-1. The number of carbonyl (C=O) groups is 1. The van der Waals surface area contributed by atoms with Crippen molar-refractivity contribution in [1.29, 1.82) is 0 Å². The first-order chi connectivity index (χ1) is 7.65. The highest BCUT2D eigenvalue weighted by Crippen LogP contribution is 2.04. The lowest BCUT2D eigenvalue weighted by Crippen LogP contribution is -2.31. The van der Waals surface area contributed by atoms with Crippen LogP contribution in [0.2, 0.25) is 0 Å². The summed E-state index contributed by atoms with van der Waals surface area (Å²) in [5, 5.41) is 10.9. The van der Waals surface area contributed by atoms with Crippen LogP contribution in [0.25, 0.3) is 5.65 Å². The van der Waals surface area contributed by atoms with Gasteiger partial charge >= 0.3 is 0 Å². The summed E-state index contributed by atoms with van der Waals surface area (Å²) < 4.78 is 1.32. The van der Waals surface area contributed by atoms with E-state index in [9.17, 15) is 14.7 Å². The van der Waals surface area contributed by atoms with Crippen molar-refractivity contribution in [3.05, 3.63) is 46.0 Å². The molecule has 0 bridgehead atoms. The van der Waals surface area contributed by atoms with Crippen molar-refractivity contribution >= 4 is 11.6 Å². The van der Waals surface area contributed by atoms with Gasteiger partial charge in [0.15, 0.2) is 0 Å². The predicted octanol–water partition coefficient (Wildman–Crippen LogP) is -0.380. The number of hydrogen-bond acceptors (Lipinski definition) is 4. The molecule has 0 saturated heterocycles. The highest BCUT2D eigenvalue weighted by Gasteiger charge is 2.11. The summed E-state index contributed by atoms with van der Waals surface area (Å²) in [6.45, 7) is 1.71. The topological polar surface area (TPSA) is 74.5 Å². The maximum atomic E-state index is 11.9. The molecule has 0 aliphatic carbocycles. The Morgan fingerprint density at radius 2 is 2.25 bits per heavy atom. The minimum Gasteiger partial charge on any atom is -0.543 e. The van der Waals surface area contributed by atoms with E-state index in [1.807, 2.05) is 0 Å². The number of aromatic carboxylic acids is 1. The van der Waals surface area contributed by atoms with Crippen LogP contribution in [0, 0.1) is 0 Å². The number of carboxylic acid groups (broad SMARTS) is 1. The van der Waals surface area contributed by atoms with Crippen molar-refractivity contribution in [1.82, 2.24) is 9.38 Å². The predicted molar refractivity (Wildman–Crippen MR) is 55.2 cm³/mol. The van der Waals surface area contributed by atoms with Crippen LogP contribution >= 0.6 is 0 Å². The summed E-state index contributed by atoms with van der Waals surface area (Å²) in [4.78, 5) is 26.7. The van der Waals surface area contributed by atoms with Crippen LogP contribution in [-0.2, 0) is 6.42 Å². The van der Waals surface area contributed by atoms with Gasteiger partial charge in [0.25, 0.3) is 5.56 Å². The maximum Gasteiger partial charge on any atom is 0.261 e. The van der Waals surface area contributed by atoms with Crippen LogP contribution in [0.5, 0.6) is 0 Å². The number of rotatable bonds is 2. The first kappa shape index (κ1) is 10.4. The van der Waals surface area contributed by atoms with Gasteiger partial charge in [0.05, 0.1) is 11.7 Å². The van der Waals surface area contributed by atoms with Crippen molar-refractivity contribution < 1.29 is 9.90 Å². The van der Waals surface area contributed by atoms with Crippen LogP contribution in [0.1, 0.15) is 23.0 Å². The molecule has 2 aromatic rings. The van der Waals surface area contributed by atoms with Crippen molar-refractivity contribution in [2.24, 2.45) is 0 Å². The molecule has 82 valence electrons. The van der Waals surface area contributed by atoms with Gasteiger partial charge in [0.2, 0.25) is 0 Å². The molecule has 5 heteroatoms. The van der Waals surface area contributed by atoms with Crippen molar-refractivity contribution in [2.45, 2.75) is 13.3 Å². The second kappa shape index (κ2) is 3.77. The average Bonchev–Trinajstić information content (AvgIpc) is 2.29. The van der Waals surface area contributed by atoms with E-state index in [1.54, 1.807) is 31.3 Å². The Morgan fingerprint density at radius 3 is 2.88 bits per heavy atom. The second-order valence-electron chi connectivity index (χ2n) is 3.31. The number of nitrogens with zero attached hydrogens (tertiary/aromatic N) is 2. The zero-order chi connectivity index (χ0) is 11.7. The van der Waals surface area contributed by atoms with Gasteiger partial charge in [-0.15, -0.1) is 0 Å². The van der Waals surface area contributed by atoms with Crippen molar-refractivity contribution in [2.75, 3.05) is 0 Å². The van der Waals surface area contributed by atoms with Crippen molar-refractivity contribution in [3.8, 4) is 0 Å². The molecular formula is C11H9N2O3-. The number of carboxylic acids is 1. The molecule has 0 saturated carbocycles. The molecule has 2 aromatic heterocycles. The number of hydrogen-bond donors (Lipinski definition) is 0. The monoisotopic (exact) mass is 217 g/mol. The third-order valence-corrected chi connectivity index (χ3v) is 2.37. The van der Waals surface area contributed by atoms with E-state index in [0.717, 1.165) is 0 Å². The quantitative estimate of drug-likeness (QED) is 0.687. The summed E-state index contributed by atoms with van der Waals surface area (Å²) in [6, 6.07) is 4.95. The molecule has 0 aliphatic heterocycles. The lowest BCUT2D eigenvalue weighted by molar-refractivity contribution is -0.255. The van der Waals surface area contributed by atoms with Gasteiger partial charge < -0.3 is 9.90 Å². The van der Waals surface area contributed by atoms with Crippen LogP contribution in [0.4, 0.5) is 0 Å². The summed E-state index contributed by atoms with van der Waals surface area (Å²) in [5.74, 6) is -1.42. The first-order valence-corrected chi connectivity index (χ1v) is 4.86. The van der Waals surface area contributed by atoms with Gasteiger partial charge in [0.1, 0.15) is 5.65 Å². The number of fused-ring (bicyclic) bond motifs is 1. The van der Waals surface area contributed by atoms with E-state index in [4.69, 9.17) is 0 Å². The average molecular weight is 217 g/mol. The molecule has 5 nitrogen and oxygen atoms in total. The summed E-state index contributed by atoms with van der Waals surface area (Å²) in [7, 11) is 0. The molecule has 0 aliphatic rings. The van der Waals surface area contributed by atoms with Crippen LogP contribution in [0.3, 0.4) is 0 Å². The molecule has 0 unspecified atom stereocenters. The molecule has 0 atom stereocenters. The van der Waals surface area contributed by atoms with Crippen LogP contribution in [-0.4, -0.2) is 15.4 Å². The number of carbonyl (C=O) groups excluding carboxylic acids is 1. The molecule has 0 radical (unpaired) electrons. The molecule has 0 N–H and O–H groups in total. The Morgan fingerprint density at radius 1 is 1.50 bits per heavy atom. The fourth-order valence-electron chi connectivity index (χ4n) is 1.61. The summed E-state index contributed by atoms with van der Waals surface area (Å²) >= 11 is 0. The Balaban J connectivity index is 2.93. The molecule has 2 heterocycles. The van der Waals surface area contributed by atoms with E-state index in [1.165, 1.54) is 4.40 Å². The SMILES string of the molecule is CCc1c(C(=O)[O-])nc2ccccn2c1=O. The van der Waals surface area contributed by atoms with E-state index in [2.05, 4.69) is 4.98 Å². The number of pyridine rings is 1. The summed E-state index contributed by atoms with van der Waals surface area (Å²) in [6.07, 6.45) is 1.87. The smallest absolute Gasteiger partial charge is 0.261 e. The minimum atomic E-state index is -1.42. The first-order valence-electron chi connectivity index (χ1n) is 4.86. The Bertz CT molecular complexity index is 616. The van der Waals surface area contributed by atoms with Crippen LogP contribution in [0.15, 0.2) is 29.2 Å². The van der Waals surface area contributed by atoms with E-state index >= 15 is 0 Å². The fraction of sp³-hybridized carbons (Fsp3) is 0.182. The molecular weight excluding hydrogens is 208 g/mol. The third kappa shape index (κ3) is 1.46. The lowest BCUT2D eigenvalue weighted by Gasteiger charge is -2.09. The van der Waals surface area contributed by atoms with Gasteiger partial charge in [-0.25, -0.2) is 4.98 Å². The molecule has 0 amide bonds.